The summed E-state index contributed by atoms with van der Waals surface area (Å²) in [7, 11) is -1.75. The lowest BCUT2D eigenvalue weighted by molar-refractivity contribution is -0.116. The van der Waals surface area contributed by atoms with E-state index in [0.717, 1.165) is 12.8 Å². The van der Waals surface area contributed by atoms with Gasteiger partial charge in [-0.1, -0.05) is 17.7 Å². The number of sulfonamides is 1. The van der Waals surface area contributed by atoms with Gasteiger partial charge in [-0.05, 0) is 50.2 Å². The van der Waals surface area contributed by atoms with E-state index in [2.05, 4.69) is 5.32 Å². The van der Waals surface area contributed by atoms with Crippen LogP contribution < -0.4 is 10.1 Å². The molecule has 1 amide bonds. The third kappa shape index (κ3) is 6.65. The van der Waals surface area contributed by atoms with Crippen molar-refractivity contribution in [1.29, 1.82) is 0 Å². The number of hydrogen-bond donors (Lipinski definition) is 1. The number of halogens is 2. The Morgan fingerprint density at radius 1 is 1.19 bits per heavy atom. The van der Waals surface area contributed by atoms with E-state index in [1.807, 2.05) is 11.9 Å². The van der Waals surface area contributed by atoms with Crippen LogP contribution in [0.4, 0.5) is 10.1 Å². The van der Waals surface area contributed by atoms with Crippen LogP contribution in [-0.2, 0) is 14.8 Å². The smallest absolute Gasteiger partial charge is 0.243 e. The van der Waals surface area contributed by atoms with Gasteiger partial charge in [0.1, 0.15) is 18.2 Å². The minimum Gasteiger partial charge on any atom is -0.492 e. The number of carbonyl (C=O) groups is 1. The summed E-state index contributed by atoms with van der Waals surface area (Å²) in [4.78, 5) is 14.4. The summed E-state index contributed by atoms with van der Waals surface area (Å²) in [5.74, 6) is -0.182. The predicted octanol–water partition coefficient (Wildman–Crippen LogP) is 3.60. The number of ether oxygens (including phenoxy) is 1. The lowest BCUT2D eigenvalue weighted by Crippen LogP contribution is -2.29. The molecule has 1 aliphatic heterocycles. The van der Waals surface area contributed by atoms with Crippen molar-refractivity contribution in [2.45, 2.75) is 24.2 Å². The number of hydrogen-bond acceptors (Lipinski definition) is 5. The van der Waals surface area contributed by atoms with Gasteiger partial charge in [0.05, 0.1) is 15.6 Å². The highest BCUT2D eigenvalue weighted by atomic mass is 35.5. The SMILES string of the molecule is CN(CCOc1cccc(F)c1)CCC(=O)Nc1cc(S(=O)(=O)N2CCCC2)ccc1Cl. The normalized spacial score (nSPS) is 14.6. The zero-order chi connectivity index (χ0) is 23.1. The molecule has 1 fully saturated rings. The zero-order valence-corrected chi connectivity index (χ0v) is 19.5. The molecule has 0 spiro atoms. The van der Waals surface area contributed by atoms with E-state index in [0.29, 0.717) is 38.5 Å². The molecule has 1 aliphatic rings. The summed E-state index contributed by atoms with van der Waals surface area (Å²) in [5, 5.41) is 2.98. The van der Waals surface area contributed by atoms with Crippen molar-refractivity contribution in [3.63, 3.8) is 0 Å². The molecular formula is C22H27ClFN3O4S. The molecule has 10 heteroatoms. The highest BCUT2D eigenvalue weighted by molar-refractivity contribution is 7.89. The number of nitrogens with one attached hydrogen (secondary N) is 1. The Bertz CT molecular complexity index is 1050. The molecule has 0 bridgehead atoms. The second-order valence-corrected chi connectivity index (χ2v) is 10.0. The molecule has 1 saturated heterocycles. The lowest BCUT2D eigenvalue weighted by atomic mass is 10.3. The van der Waals surface area contributed by atoms with Gasteiger partial charge in [0.15, 0.2) is 0 Å². The molecule has 2 aromatic carbocycles. The van der Waals surface area contributed by atoms with Crippen molar-refractivity contribution in [2.24, 2.45) is 0 Å². The molecular weight excluding hydrogens is 457 g/mol. The second kappa shape index (κ2) is 11.1. The van der Waals surface area contributed by atoms with Crippen LogP contribution in [-0.4, -0.2) is 63.4 Å². The Balaban J connectivity index is 1.49. The monoisotopic (exact) mass is 483 g/mol. The van der Waals surface area contributed by atoms with Crippen molar-refractivity contribution in [3.05, 3.63) is 53.3 Å². The van der Waals surface area contributed by atoms with Gasteiger partial charge in [-0.15, -0.1) is 0 Å². The number of nitrogens with zero attached hydrogens (tertiary/aromatic N) is 2. The fourth-order valence-electron chi connectivity index (χ4n) is 3.33. The molecule has 32 heavy (non-hydrogen) atoms. The number of anilines is 1. The van der Waals surface area contributed by atoms with E-state index in [-0.39, 0.29) is 33.8 Å². The van der Waals surface area contributed by atoms with Crippen LogP contribution in [0.3, 0.4) is 0 Å². The first kappa shape index (κ1) is 24.4. The Labute approximate surface area is 193 Å². The molecule has 7 nitrogen and oxygen atoms in total. The summed E-state index contributed by atoms with van der Waals surface area (Å²) >= 11 is 6.17. The molecule has 174 valence electrons. The average Bonchev–Trinajstić information content (AvgIpc) is 3.30. The predicted molar refractivity (Wildman–Crippen MR) is 122 cm³/mol. The van der Waals surface area contributed by atoms with Gasteiger partial charge in [-0.25, -0.2) is 12.8 Å². The van der Waals surface area contributed by atoms with E-state index in [9.17, 15) is 17.6 Å². The van der Waals surface area contributed by atoms with E-state index in [1.165, 1.54) is 34.6 Å². The summed E-state index contributed by atoms with van der Waals surface area (Å²) in [6.45, 7) is 2.36. The average molecular weight is 484 g/mol. The van der Waals surface area contributed by atoms with Crippen LogP contribution >= 0.6 is 11.6 Å². The molecule has 1 N–H and O–H groups in total. The van der Waals surface area contributed by atoms with Gasteiger partial charge < -0.3 is 15.0 Å². The minimum atomic E-state index is -3.60. The highest BCUT2D eigenvalue weighted by Crippen LogP contribution is 2.28. The number of carbonyl (C=O) groups excluding carboxylic acids is 1. The van der Waals surface area contributed by atoms with Crippen molar-refractivity contribution < 1.29 is 22.3 Å². The fraction of sp³-hybridized carbons (Fsp3) is 0.409. The van der Waals surface area contributed by atoms with Gasteiger partial charge in [0.25, 0.3) is 0 Å². The summed E-state index contributed by atoms with van der Waals surface area (Å²) in [6.07, 6.45) is 1.88. The quantitative estimate of drug-likeness (QED) is 0.558. The van der Waals surface area contributed by atoms with Gasteiger partial charge in [0, 0.05) is 38.7 Å². The van der Waals surface area contributed by atoms with Crippen LogP contribution in [0.2, 0.25) is 5.02 Å². The first-order valence-electron chi connectivity index (χ1n) is 10.4. The number of likely N-dealkylation sites (N-methyl/N-ethyl adjacent to an activating group) is 1. The maximum absolute atomic E-state index is 13.2. The standard InChI is InChI=1S/C22H27ClFN3O4S/c1-26(13-14-31-18-6-4-5-17(24)15-18)12-9-22(28)25-21-16-19(7-8-20(21)23)32(29,30)27-10-2-3-11-27/h4-8,15-16H,2-3,9-14H2,1H3,(H,25,28). The van der Waals surface area contributed by atoms with Gasteiger partial charge in [0.2, 0.25) is 15.9 Å². The lowest BCUT2D eigenvalue weighted by Gasteiger charge is -2.18. The van der Waals surface area contributed by atoms with Crippen LogP contribution in [0.5, 0.6) is 5.75 Å². The molecule has 2 aromatic rings. The molecule has 0 radical (unpaired) electrons. The van der Waals surface area contributed by atoms with Crippen molar-refractivity contribution in [3.8, 4) is 5.75 Å². The van der Waals surface area contributed by atoms with Gasteiger partial charge >= 0.3 is 0 Å². The Morgan fingerprint density at radius 2 is 1.94 bits per heavy atom. The second-order valence-electron chi connectivity index (χ2n) is 7.66. The van der Waals surface area contributed by atoms with Gasteiger partial charge in [-0.2, -0.15) is 4.31 Å². The first-order valence-corrected chi connectivity index (χ1v) is 12.2. The molecule has 0 aromatic heterocycles. The maximum atomic E-state index is 13.2. The number of amides is 1. The highest BCUT2D eigenvalue weighted by Gasteiger charge is 2.27. The Hall–Kier alpha value is -2.20. The fourth-order valence-corrected chi connectivity index (χ4v) is 5.04. The zero-order valence-electron chi connectivity index (χ0n) is 17.9. The van der Waals surface area contributed by atoms with Gasteiger partial charge in [-0.3, -0.25) is 4.79 Å². The molecule has 3 rings (SSSR count). The van der Waals surface area contributed by atoms with Crippen LogP contribution in [0.1, 0.15) is 19.3 Å². The van der Waals surface area contributed by atoms with Crippen LogP contribution in [0.25, 0.3) is 0 Å². The van der Waals surface area contributed by atoms with Crippen LogP contribution in [0, 0.1) is 5.82 Å². The van der Waals surface area contributed by atoms with Crippen molar-refractivity contribution >= 4 is 33.2 Å². The Kier molecular flexibility index (Phi) is 8.47. The summed E-state index contributed by atoms with van der Waals surface area (Å²) in [6, 6.07) is 10.3. The minimum absolute atomic E-state index is 0.116. The van der Waals surface area contributed by atoms with Crippen molar-refractivity contribution in [2.75, 3.05) is 45.2 Å². The topological polar surface area (TPSA) is 79.0 Å². The van der Waals surface area contributed by atoms with E-state index in [4.69, 9.17) is 16.3 Å². The third-order valence-corrected chi connectivity index (χ3v) is 7.40. The maximum Gasteiger partial charge on any atom is 0.243 e. The Morgan fingerprint density at radius 3 is 2.66 bits per heavy atom. The van der Waals surface area contributed by atoms with Crippen molar-refractivity contribution in [1.82, 2.24) is 9.21 Å². The van der Waals surface area contributed by atoms with E-state index < -0.39 is 10.0 Å². The number of rotatable bonds is 10. The molecule has 0 atom stereocenters. The third-order valence-electron chi connectivity index (χ3n) is 5.17. The summed E-state index contributed by atoms with van der Waals surface area (Å²) < 4.78 is 45.6. The molecule has 0 saturated carbocycles. The molecule has 0 aliphatic carbocycles. The summed E-state index contributed by atoms with van der Waals surface area (Å²) in [5.41, 5.74) is 0.272. The van der Waals surface area contributed by atoms with E-state index >= 15 is 0 Å². The molecule has 0 unspecified atom stereocenters. The largest absolute Gasteiger partial charge is 0.492 e. The van der Waals surface area contributed by atoms with Crippen LogP contribution in [0.15, 0.2) is 47.4 Å². The van der Waals surface area contributed by atoms with E-state index in [1.54, 1.807) is 12.1 Å². The first-order chi connectivity index (χ1) is 15.3. The molecule has 1 heterocycles. The number of benzene rings is 2.